The zero-order chi connectivity index (χ0) is 13.9. The van der Waals surface area contributed by atoms with Crippen LogP contribution in [0.3, 0.4) is 0 Å². The lowest BCUT2D eigenvalue weighted by Gasteiger charge is -2.25. The first-order valence-electron chi connectivity index (χ1n) is 7.99. The first-order chi connectivity index (χ1) is 8.48. The van der Waals surface area contributed by atoms with Crippen LogP contribution in [0.1, 0.15) is 91.4 Å². The average Bonchev–Trinajstić information content (AvgIpc) is 2.30. The minimum absolute atomic E-state index is 0. The van der Waals surface area contributed by atoms with E-state index < -0.39 is 5.34 Å². The fourth-order valence-electron chi connectivity index (χ4n) is 2.23. The first-order valence-corrected chi connectivity index (χ1v) is 8.57. The first kappa shape index (κ1) is 22.0. The number of hydrogen-bond donors (Lipinski definition) is 1. The number of unbranched alkanes of at least 4 members (excludes halogenated alkanes) is 9. The van der Waals surface area contributed by atoms with Gasteiger partial charge in [-0.1, -0.05) is 78.1 Å². The van der Waals surface area contributed by atoms with Crippen LogP contribution in [0.5, 0.6) is 0 Å². The Morgan fingerprint density at radius 2 is 1.26 bits per heavy atom. The topological polar surface area (TPSA) is 20.2 Å². The maximum atomic E-state index is 9.79. The summed E-state index contributed by atoms with van der Waals surface area (Å²) in [5.41, 5.74) is 0. The fraction of sp³-hybridized carbons (Fsp3) is 1.00. The summed E-state index contributed by atoms with van der Waals surface area (Å²) in [7, 11) is 2.55. The molecular weight excluding hydrogens is 275 g/mol. The van der Waals surface area contributed by atoms with Crippen molar-refractivity contribution in [3.8, 4) is 0 Å². The molecule has 0 radical (unpaired) electrons. The van der Waals surface area contributed by atoms with E-state index in [9.17, 15) is 5.11 Å². The van der Waals surface area contributed by atoms with E-state index in [4.69, 9.17) is 0 Å². The minimum Gasteiger partial charge on any atom is -0.386 e. The van der Waals surface area contributed by atoms with Crippen molar-refractivity contribution in [3.05, 3.63) is 0 Å². The van der Waals surface area contributed by atoms with Crippen molar-refractivity contribution in [1.29, 1.82) is 0 Å². The second kappa shape index (κ2) is 13.7. The van der Waals surface area contributed by atoms with Crippen molar-refractivity contribution in [2.45, 2.75) is 96.7 Å². The molecule has 0 aromatic carbocycles. The highest BCUT2D eigenvalue weighted by Gasteiger charge is 2.21. The van der Waals surface area contributed by atoms with Gasteiger partial charge < -0.3 is 5.11 Å². The van der Waals surface area contributed by atoms with E-state index in [0.29, 0.717) is 5.92 Å². The Morgan fingerprint density at radius 1 is 0.895 bits per heavy atom. The third-order valence-corrected chi connectivity index (χ3v) is 4.56. The van der Waals surface area contributed by atoms with E-state index in [-0.39, 0.29) is 12.4 Å². The number of rotatable bonds is 12. The Kier molecular flexibility index (Phi) is 15.8. The highest BCUT2D eigenvalue weighted by atomic mass is 35.5. The van der Waals surface area contributed by atoms with E-state index in [1.807, 2.05) is 6.92 Å². The quantitative estimate of drug-likeness (QED) is 0.349. The molecule has 0 heterocycles. The Balaban J connectivity index is 0. The van der Waals surface area contributed by atoms with E-state index >= 15 is 0 Å². The van der Waals surface area contributed by atoms with Gasteiger partial charge in [-0.15, -0.1) is 21.6 Å². The monoisotopic (exact) mass is 310 g/mol. The van der Waals surface area contributed by atoms with Gasteiger partial charge in [-0.2, -0.15) is 0 Å². The van der Waals surface area contributed by atoms with Gasteiger partial charge in [0.25, 0.3) is 0 Å². The molecule has 0 aromatic heterocycles. The molecule has 0 rings (SSSR count). The molecule has 0 bridgehead atoms. The van der Waals surface area contributed by atoms with E-state index in [2.05, 4.69) is 23.1 Å². The van der Waals surface area contributed by atoms with Gasteiger partial charge >= 0.3 is 0 Å². The molecule has 0 aliphatic rings. The summed E-state index contributed by atoms with van der Waals surface area (Å²) >= 11 is 0. The van der Waals surface area contributed by atoms with Crippen LogP contribution < -0.4 is 0 Å². The summed E-state index contributed by atoms with van der Waals surface area (Å²) in [6, 6.07) is 0. The number of halogens is 1. The van der Waals surface area contributed by atoms with Gasteiger partial charge in [0.15, 0.2) is 0 Å². The largest absolute Gasteiger partial charge is 0.386 e. The Labute approximate surface area is 129 Å². The molecule has 0 aromatic rings. The molecule has 1 nitrogen and oxygen atoms in total. The van der Waals surface area contributed by atoms with Crippen LogP contribution in [0.2, 0.25) is 0 Å². The second-order valence-electron chi connectivity index (χ2n) is 6.10. The summed E-state index contributed by atoms with van der Waals surface area (Å²) in [5.74, 6) is 0.386. The Morgan fingerprint density at radius 3 is 1.63 bits per heavy atom. The third kappa shape index (κ3) is 14.9. The zero-order valence-electron chi connectivity index (χ0n) is 13.3. The molecule has 0 amide bonds. The molecule has 0 aliphatic carbocycles. The summed E-state index contributed by atoms with van der Waals surface area (Å²) in [6.07, 6.45) is 15.0. The Bertz CT molecular complexity index is 180. The molecule has 3 unspecified atom stereocenters. The molecule has 0 aliphatic heterocycles. The molecule has 0 saturated heterocycles. The van der Waals surface area contributed by atoms with Gasteiger partial charge in [0.1, 0.15) is 0 Å². The number of hydrogen-bond acceptors (Lipinski definition) is 1. The van der Waals surface area contributed by atoms with Gasteiger partial charge in [0.2, 0.25) is 0 Å². The molecule has 0 saturated carbocycles. The van der Waals surface area contributed by atoms with Crippen LogP contribution in [-0.4, -0.2) is 10.4 Å². The smallest absolute Gasteiger partial charge is 0.0776 e. The number of aliphatic hydroxyl groups is 1. The van der Waals surface area contributed by atoms with E-state index in [1.165, 1.54) is 64.2 Å². The van der Waals surface area contributed by atoms with Gasteiger partial charge in [-0.05, 0) is 19.3 Å². The van der Waals surface area contributed by atoms with Crippen LogP contribution >= 0.6 is 21.6 Å². The molecule has 0 spiro atoms. The molecule has 0 fully saturated rings. The van der Waals surface area contributed by atoms with E-state index in [0.717, 1.165) is 6.42 Å². The van der Waals surface area contributed by atoms with Gasteiger partial charge in [0.05, 0.1) is 5.34 Å². The lowest BCUT2D eigenvalue weighted by Crippen LogP contribution is -2.24. The predicted molar refractivity (Wildman–Crippen MR) is 93.2 cm³/mol. The summed E-state index contributed by atoms with van der Waals surface area (Å²) in [6.45, 7) is 6.30. The summed E-state index contributed by atoms with van der Waals surface area (Å²) in [5, 5.41) is 9.21. The molecule has 118 valence electrons. The predicted octanol–water partition coefficient (Wildman–Crippen LogP) is 5.94. The maximum Gasteiger partial charge on any atom is 0.0776 e. The zero-order valence-corrected chi connectivity index (χ0v) is 15.3. The van der Waals surface area contributed by atoms with Crippen molar-refractivity contribution >= 4 is 21.6 Å². The van der Waals surface area contributed by atoms with Crippen LogP contribution in [-0.2, 0) is 0 Å². The average molecular weight is 311 g/mol. The van der Waals surface area contributed by atoms with Crippen molar-refractivity contribution in [2.75, 3.05) is 0 Å². The highest BCUT2D eigenvalue weighted by molar-refractivity contribution is 7.18. The van der Waals surface area contributed by atoms with E-state index in [1.54, 1.807) is 0 Å². The van der Waals surface area contributed by atoms with Crippen LogP contribution in [0.4, 0.5) is 0 Å². The third-order valence-electron chi connectivity index (χ3n) is 3.99. The molecule has 3 atom stereocenters. The lowest BCUT2D eigenvalue weighted by atomic mass is 9.97. The van der Waals surface area contributed by atoms with Crippen LogP contribution in [0.25, 0.3) is 0 Å². The lowest BCUT2D eigenvalue weighted by molar-refractivity contribution is 0.0914. The van der Waals surface area contributed by atoms with Gasteiger partial charge in [0, 0.05) is 0 Å². The van der Waals surface area contributed by atoms with Crippen LogP contribution in [0.15, 0.2) is 0 Å². The molecule has 3 heteroatoms. The minimum atomic E-state index is -0.584. The molecule has 19 heavy (non-hydrogen) atoms. The van der Waals surface area contributed by atoms with Crippen molar-refractivity contribution < 1.29 is 5.11 Å². The molecular formula is C16H36ClOP. The van der Waals surface area contributed by atoms with Gasteiger partial charge in [-0.25, -0.2) is 0 Å². The molecule has 1 N–H and O–H groups in total. The summed E-state index contributed by atoms with van der Waals surface area (Å²) in [4.78, 5) is 0. The summed E-state index contributed by atoms with van der Waals surface area (Å²) < 4.78 is 0. The maximum absolute atomic E-state index is 9.79. The van der Waals surface area contributed by atoms with Crippen molar-refractivity contribution in [1.82, 2.24) is 0 Å². The standard InChI is InChI=1S/C16H35OP.ClH/c1-4-5-6-7-8-9-10-11-12-13-14-15(2)16(3,17)18;/h15,17H,4-14,18H2,1-3H3;1H. The Hall–Kier alpha value is 0.680. The van der Waals surface area contributed by atoms with Gasteiger partial charge in [-0.3, -0.25) is 0 Å². The normalized spacial score (nSPS) is 15.6. The SMILES string of the molecule is CCCCCCCCCCCCC(C)C(C)(O)P.Cl. The van der Waals surface area contributed by atoms with Crippen molar-refractivity contribution in [3.63, 3.8) is 0 Å². The van der Waals surface area contributed by atoms with Crippen molar-refractivity contribution in [2.24, 2.45) is 5.92 Å². The van der Waals surface area contributed by atoms with Crippen LogP contribution in [0, 0.1) is 5.92 Å². The second-order valence-corrected chi connectivity index (χ2v) is 7.27. The highest BCUT2D eigenvalue weighted by Crippen LogP contribution is 2.28. The fourth-order valence-corrected chi connectivity index (χ4v) is 2.40.